The van der Waals surface area contributed by atoms with Gasteiger partial charge in [0.2, 0.25) is 5.28 Å². The van der Waals surface area contributed by atoms with E-state index in [0.29, 0.717) is 11.6 Å². The van der Waals surface area contributed by atoms with Crippen molar-refractivity contribution in [1.29, 1.82) is 0 Å². The molecule has 0 saturated carbocycles. The molecule has 1 aliphatic rings. The third-order valence-corrected chi connectivity index (χ3v) is 7.88. The van der Waals surface area contributed by atoms with Crippen LogP contribution in [0.4, 0.5) is 0 Å². The van der Waals surface area contributed by atoms with Crippen molar-refractivity contribution >= 4 is 11.6 Å². The van der Waals surface area contributed by atoms with Crippen molar-refractivity contribution in [1.82, 2.24) is 15.0 Å². The molecule has 3 nitrogen and oxygen atoms in total. The van der Waals surface area contributed by atoms with Crippen molar-refractivity contribution in [3.63, 3.8) is 0 Å². The fourth-order valence-corrected chi connectivity index (χ4v) is 5.89. The van der Waals surface area contributed by atoms with E-state index in [1.54, 1.807) is 0 Å². The summed E-state index contributed by atoms with van der Waals surface area (Å²) in [5, 5.41) is 0.222. The van der Waals surface area contributed by atoms with Crippen molar-refractivity contribution < 1.29 is 0 Å². The second-order valence-corrected chi connectivity index (χ2v) is 10.5. The molecule has 5 aromatic carbocycles. The fourth-order valence-electron chi connectivity index (χ4n) is 5.72. The Morgan fingerprint density at radius 3 is 1.75 bits per heavy atom. The first-order valence-corrected chi connectivity index (χ1v) is 14.0. The molecule has 0 spiro atoms. The molecule has 0 amide bonds. The molecule has 0 N–H and O–H groups in total. The summed E-state index contributed by atoms with van der Waals surface area (Å²) >= 11 is 6.51. The Kier molecular flexibility index (Phi) is 6.43. The molecule has 40 heavy (non-hydrogen) atoms. The van der Waals surface area contributed by atoms with Crippen LogP contribution in [0.2, 0.25) is 5.28 Å². The number of aromatic nitrogens is 3. The van der Waals surface area contributed by atoms with Gasteiger partial charge in [0.1, 0.15) is 5.82 Å². The molecule has 1 heterocycles. The molecule has 0 radical (unpaired) electrons. The minimum Gasteiger partial charge on any atom is -0.212 e. The van der Waals surface area contributed by atoms with Crippen molar-refractivity contribution in [3.8, 4) is 44.8 Å². The number of hydrogen-bond acceptors (Lipinski definition) is 3. The standard InChI is InChI=1S/C36H26ClN3/c37-36-39-34(27-14-8-3-9-15-27)38-35(40-36)31-21-18-26-16-17-28(24-10-4-1-5-11-24)22-32(26)33-23-29(19-20-30(31)33)25-12-6-2-7-13-25/h1-17,19-20,22-23,31H,18,21H2. The lowest BCUT2D eigenvalue weighted by atomic mass is 9.87. The quantitative estimate of drug-likeness (QED) is 0.226. The molecule has 0 fully saturated rings. The largest absolute Gasteiger partial charge is 0.226 e. The molecule has 0 aliphatic heterocycles. The van der Waals surface area contributed by atoms with E-state index in [-0.39, 0.29) is 11.2 Å². The first kappa shape index (κ1) is 24.4. The normalized spacial score (nSPS) is 14.2. The lowest BCUT2D eigenvalue weighted by Crippen LogP contribution is -2.09. The fraction of sp³-hybridized carbons (Fsp3) is 0.0833. The van der Waals surface area contributed by atoms with E-state index in [9.17, 15) is 0 Å². The third-order valence-electron chi connectivity index (χ3n) is 7.71. The Morgan fingerprint density at radius 1 is 0.525 bits per heavy atom. The highest BCUT2D eigenvalue weighted by Gasteiger charge is 2.27. The van der Waals surface area contributed by atoms with Crippen LogP contribution in [-0.4, -0.2) is 15.0 Å². The Labute approximate surface area is 239 Å². The van der Waals surface area contributed by atoms with Gasteiger partial charge in [0.05, 0.1) is 0 Å². The summed E-state index contributed by atoms with van der Waals surface area (Å²) in [5.74, 6) is 1.30. The Morgan fingerprint density at radius 2 is 1.10 bits per heavy atom. The average molecular weight is 536 g/mol. The van der Waals surface area contributed by atoms with Crippen LogP contribution in [0.5, 0.6) is 0 Å². The summed E-state index contributed by atoms with van der Waals surface area (Å²) in [6.45, 7) is 0. The molecule has 0 saturated heterocycles. The summed E-state index contributed by atoms with van der Waals surface area (Å²) in [4.78, 5) is 14.1. The summed E-state index contributed by atoms with van der Waals surface area (Å²) in [6.07, 6.45) is 1.79. The van der Waals surface area contributed by atoms with E-state index in [2.05, 4.69) is 107 Å². The lowest BCUT2D eigenvalue weighted by molar-refractivity contribution is 0.675. The number of nitrogens with zero attached hydrogens (tertiary/aromatic N) is 3. The average Bonchev–Trinajstić information content (AvgIpc) is 3.18. The van der Waals surface area contributed by atoms with Crippen molar-refractivity contribution in [2.24, 2.45) is 0 Å². The van der Waals surface area contributed by atoms with Gasteiger partial charge in [0, 0.05) is 11.5 Å². The van der Waals surface area contributed by atoms with Gasteiger partial charge in [-0.25, -0.2) is 9.97 Å². The Hall–Kier alpha value is -4.60. The molecule has 1 unspecified atom stereocenters. The predicted molar refractivity (Wildman–Crippen MR) is 163 cm³/mol. The predicted octanol–water partition coefficient (Wildman–Crippen LogP) is 9.27. The topological polar surface area (TPSA) is 38.7 Å². The smallest absolute Gasteiger partial charge is 0.212 e. The maximum atomic E-state index is 6.51. The van der Waals surface area contributed by atoms with Gasteiger partial charge >= 0.3 is 0 Å². The number of aryl methyl sites for hydroxylation is 1. The van der Waals surface area contributed by atoms with E-state index in [1.807, 2.05) is 30.3 Å². The van der Waals surface area contributed by atoms with E-state index in [1.165, 1.54) is 44.5 Å². The highest BCUT2D eigenvalue weighted by molar-refractivity contribution is 6.28. The highest BCUT2D eigenvalue weighted by atomic mass is 35.5. The second kappa shape index (κ2) is 10.5. The minimum absolute atomic E-state index is 0.0182. The third kappa shape index (κ3) is 4.70. The summed E-state index contributed by atoms with van der Waals surface area (Å²) in [6, 6.07) is 44.8. The van der Waals surface area contributed by atoms with Crippen molar-refractivity contribution in [2.45, 2.75) is 18.8 Å². The van der Waals surface area contributed by atoms with Gasteiger partial charge in [-0.3, -0.25) is 0 Å². The van der Waals surface area contributed by atoms with Crippen LogP contribution in [0.25, 0.3) is 44.8 Å². The summed E-state index contributed by atoms with van der Waals surface area (Å²) in [5.41, 5.74) is 10.8. The first-order chi connectivity index (χ1) is 19.7. The second-order valence-electron chi connectivity index (χ2n) is 10.1. The molecular weight excluding hydrogens is 510 g/mol. The van der Waals surface area contributed by atoms with E-state index >= 15 is 0 Å². The van der Waals surface area contributed by atoms with Gasteiger partial charge in [-0.1, -0.05) is 115 Å². The van der Waals surface area contributed by atoms with E-state index < -0.39 is 0 Å². The Bertz CT molecular complexity index is 1800. The molecule has 192 valence electrons. The zero-order valence-corrected chi connectivity index (χ0v) is 22.6. The maximum Gasteiger partial charge on any atom is 0.226 e. The van der Waals surface area contributed by atoms with Crippen molar-refractivity contribution in [2.75, 3.05) is 0 Å². The molecule has 0 bridgehead atoms. The molecule has 7 rings (SSSR count). The monoisotopic (exact) mass is 535 g/mol. The van der Waals surface area contributed by atoms with Gasteiger partial charge in [0.15, 0.2) is 5.82 Å². The van der Waals surface area contributed by atoms with Gasteiger partial charge in [0.25, 0.3) is 0 Å². The van der Waals surface area contributed by atoms with Crippen LogP contribution in [-0.2, 0) is 6.42 Å². The number of hydrogen-bond donors (Lipinski definition) is 0. The SMILES string of the molecule is Clc1nc(-c2ccccc2)nc(C2CCc3ccc(-c4ccccc4)cc3-c3cc(-c4ccccc4)ccc32)n1. The molecular formula is C36H26ClN3. The summed E-state index contributed by atoms with van der Waals surface area (Å²) in [7, 11) is 0. The van der Waals surface area contributed by atoms with Gasteiger partial charge in [-0.05, 0) is 81.1 Å². The number of fused-ring (bicyclic) bond motifs is 3. The molecule has 4 heteroatoms. The van der Waals surface area contributed by atoms with Crippen molar-refractivity contribution in [3.05, 3.63) is 150 Å². The first-order valence-electron chi connectivity index (χ1n) is 13.6. The van der Waals surface area contributed by atoms with E-state index in [0.717, 1.165) is 18.4 Å². The highest BCUT2D eigenvalue weighted by Crippen LogP contribution is 2.43. The molecule has 1 aliphatic carbocycles. The summed E-state index contributed by atoms with van der Waals surface area (Å²) < 4.78 is 0. The lowest BCUT2D eigenvalue weighted by Gasteiger charge is -2.19. The Balaban J connectivity index is 1.41. The van der Waals surface area contributed by atoms with Crippen LogP contribution < -0.4 is 0 Å². The van der Waals surface area contributed by atoms with Crippen LogP contribution in [0, 0.1) is 0 Å². The van der Waals surface area contributed by atoms with E-state index in [4.69, 9.17) is 16.6 Å². The molecule has 1 atom stereocenters. The van der Waals surface area contributed by atoms with Gasteiger partial charge in [-0.15, -0.1) is 0 Å². The van der Waals surface area contributed by atoms with Gasteiger partial charge < -0.3 is 0 Å². The number of benzene rings is 5. The zero-order chi connectivity index (χ0) is 26.9. The maximum absolute atomic E-state index is 6.51. The molecule has 6 aromatic rings. The molecule has 1 aromatic heterocycles. The van der Waals surface area contributed by atoms with Crippen LogP contribution >= 0.6 is 11.6 Å². The zero-order valence-electron chi connectivity index (χ0n) is 21.8. The van der Waals surface area contributed by atoms with Gasteiger partial charge in [-0.2, -0.15) is 4.98 Å². The van der Waals surface area contributed by atoms with Crippen LogP contribution in [0.1, 0.15) is 29.3 Å². The van der Waals surface area contributed by atoms with Crippen LogP contribution in [0.3, 0.4) is 0 Å². The number of halogens is 1. The minimum atomic E-state index is -0.0182. The number of rotatable bonds is 4. The van der Waals surface area contributed by atoms with Crippen LogP contribution in [0.15, 0.2) is 127 Å².